The van der Waals surface area contributed by atoms with E-state index < -0.39 is 23.9 Å². The zero-order valence-corrected chi connectivity index (χ0v) is 10.3. The third-order valence-electron chi connectivity index (χ3n) is 2.30. The molecule has 0 aromatic heterocycles. The van der Waals surface area contributed by atoms with Gasteiger partial charge < -0.3 is 15.7 Å². The van der Waals surface area contributed by atoms with Gasteiger partial charge in [0.15, 0.2) is 0 Å². The number of nitrogens with one attached hydrogen (secondary N) is 2. The Kier molecular flexibility index (Phi) is 5.17. The van der Waals surface area contributed by atoms with Crippen LogP contribution >= 0.6 is 0 Å². The summed E-state index contributed by atoms with van der Waals surface area (Å²) in [6.45, 7) is 1.81. The Hall–Kier alpha value is -1.76. The summed E-state index contributed by atoms with van der Waals surface area (Å²) in [5, 5.41) is 13.7. The normalized spacial score (nSPS) is 12.9. The molecule has 19 heavy (non-hydrogen) atoms. The van der Waals surface area contributed by atoms with Crippen molar-refractivity contribution in [3.8, 4) is 0 Å². The summed E-state index contributed by atoms with van der Waals surface area (Å²) in [6, 6.07) is 3.75. The van der Waals surface area contributed by atoms with Crippen molar-refractivity contribution in [3.63, 3.8) is 0 Å². The molecule has 0 saturated heterocycles. The first kappa shape index (κ1) is 15.3. The summed E-state index contributed by atoms with van der Waals surface area (Å²) >= 11 is 0. The molecule has 106 valence electrons. The van der Waals surface area contributed by atoms with Gasteiger partial charge in [0.2, 0.25) is 0 Å². The molecule has 7 heteroatoms. The Morgan fingerprint density at radius 2 is 2.11 bits per heavy atom. The lowest BCUT2D eigenvalue weighted by Crippen LogP contribution is -2.30. The lowest BCUT2D eigenvalue weighted by molar-refractivity contribution is -0.137. The van der Waals surface area contributed by atoms with Crippen LogP contribution in [0.15, 0.2) is 24.3 Å². The molecule has 1 aromatic rings. The van der Waals surface area contributed by atoms with Gasteiger partial charge in [-0.1, -0.05) is 6.07 Å². The van der Waals surface area contributed by atoms with E-state index in [1.54, 1.807) is 6.92 Å². The first-order chi connectivity index (χ1) is 8.79. The van der Waals surface area contributed by atoms with E-state index in [1.807, 2.05) is 0 Å². The van der Waals surface area contributed by atoms with Crippen LogP contribution in [0.25, 0.3) is 0 Å². The third-order valence-corrected chi connectivity index (χ3v) is 2.30. The van der Waals surface area contributed by atoms with E-state index in [2.05, 4.69) is 10.6 Å². The number of alkyl halides is 3. The number of aliphatic hydroxyl groups excluding tert-OH is 1. The summed E-state index contributed by atoms with van der Waals surface area (Å²) in [4.78, 5) is 11.4. The van der Waals surface area contributed by atoms with Gasteiger partial charge >= 0.3 is 12.2 Å². The number of benzene rings is 1. The number of rotatable bonds is 4. The topological polar surface area (TPSA) is 61.4 Å². The molecule has 0 bridgehead atoms. The minimum Gasteiger partial charge on any atom is -0.393 e. The van der Waals surface area contributed by atoms with Crippen LogP contribution < -0.4 is 10.6 Å². The Balaban J connectivity index is 2.55. The second kappa shape index (κ2) is 6.42. The number of halogens is 3. The fraction of sp³-hybridized carbons (Fsp3) is 0.417. The fourth-order valence-corrected chi connectivity index (χ4v) is 1.34. The van der Waals surface area contributed by atoms with Gasteiger partial charge in [-0.3, -0.25) is 0 Å². The number of hydrogen-bond acceptors (Lipinski definition) is 2. The van der Waals surface area contributed by atoms with E-state index in [9.17, 15) is 18.0 Å². The smallest absolute Gasteiger partial charge is 0.393 e. The number of urea groups is 1. The quantitative estimate of drug-likeness (QED) is 0.791. The van der Waals surface area contributed by atoms with Crippen LogP contribution in [-0.2, 0) is 6.18 Å². The van der Waals surface area contributed by atoms with Crippen molar-refractivity contribution in [1.82, 2.24) is 5.32 Å². The molecule has 4 nitrogen and oxygen atoms in total. The zero-order chi connectivity index (χ0) is 14.5. The molecular weight excluding hydrogens is 261 g/mol. The lowest BCUT2D eigenvalue weighted by atomic mass is 10.2. The van der Waals surface area contributed by atoms with E-state index in [4.69, 9.17) is 5.11 Å². The number of anilines is 1. The highest BCUT2D eigenvalue weighted by atomic mass is 19.4. The Bertz CT molecular complexity index is 433. The van der Waals surface area contributed by atoms with Gasteiger partial charge in [-0.05, 0) is 31.5 Å². The third kappa shape index (κ3) is 5.60. The van der Waals surface area contributed by atoms with Crippen LogP contribution in [0.5, 0.6) is 0 Å². The number of carbonyl (C=O) groups is 1. The first-order valence-electron chi connectivity index (χ1n) is 5.69. The van der Waals surface area contributed by atoms with E-state index in [0.29, 0.717) is 6.42 Å². The van der Waals surface area contributed by atoms with Crippen molar-refractivity contribution in [2.24, 2.45) is 0 Å². The largest absolute Gasteiger partial charge is 0.416 e. The van der Waals surface area contributed by atoms with Crippen LogP contribution in [0.1, 0.15) is 18.9 Å². The molecule has 0 fully saturated rings. The monoisotopic (exact) mass is 276 g/mol. The molecule has 0 spiro atoms. The molecule has 2 amide bonds. The predicted molar refractivity (Wildman–Crippen MR) is 64.8 cm³/mol. The second-order valence-electron chi connectivity index (χ2n) is 4.10. The maximum absolute atomic E-state index is 12.4. The zero-order valence-electron chi connectivity index (χ0n) is 10.3. The molecule has 0 heterocycles. The highest BCUT2D eigenvalue weighted by Gasteiger charge is 2.30. The average Bonchev–Trinajstić information content (AvgIpc) is 2.27. The molecule has 3 N–H and O–H groups in total. The van der Waals surface area contributed by atoms with Crippen molar-refractivity contribution >= 4 is 11.7 Å². The fourth-order valence-electron chi connectivity index (χ4n) is 1.34. The van der Waals surface area contributed by atoms with Gasteiger partial charge in [-0.2, -0.15) is 13.2 Å². The molecular formula is C12H15F3N2O2. The van der Waals surface area contributed by atoms with Crippen LogP contribution in [-0.4, -0.2) is 23.8 Å². The van der Waals surface area contributed by atoms with Gasteiger partial charge in [-0.25, -0.2) is 4.79 Å². The van der Waals surface area contributed by atoms with Gasteiger partial charge in [-0.15, -0.1) is 0 Å². The Labute approximate surface area is 108 Å². The number of aliphatic hydroxyl groups is 1. The van der Waals surface area contributed by atoms with Gasteiger partial charge in [0.25, 0.3) is 0 Å². The molecule has 1 aromatic carbocycles. The Morgan fingerprint density at radius 1 is 1.42 bits per heavy atom. The molecule has 0 aliphatic heterocycles. The summed E-state index contributed by atoms with van der Waals surface area (Å²) < 4.78 is 37.3. The first-order valence-corrected chi connectivity index (χ1v) is 5.69. The number of carbonyl (C=O) groups excluding carboxylic acids is 1. The standard InChI is InChI=1S/C12H15F3N2O2/c1-8(18)5-6-16-11(19)17-10-4-2-3-9(7-10)12(13,14)15/h2-4,7-8,18H,5-6H2,1H3,(H2,16,17,19). The van der Waals surface area contributed by atoms with E-state index in [1.165, 1.54) is 12.1 Å². The summed E-state index contributed by atoms with van der Waals surface area (Å²) in [5.41, 5.74) is -0.765. The molecule has 1 atom stereocenters. The number of hydrogen-bond donors (Lipinski definition) is 3. The van der Waals surface area contributed by atoms with Crippen LogP contribution in [0.2, 0.25) is 0 Å². The molecule has 0 aliphatic carbocycles. The molecule has 1 unspecified atom stereocenters. The van der Waals surface area contributed by atoms with E-state index in [0.717, 1.165) is 12.1 Å². The Morgan fingerprint density at radius 3 is 2.68 bits per heavy atom. The molecule has 1 rings (SSSR count). The SMILES string of the molecule is CC(O)CCNC(=O)Nc1cccc(C(F)(F)F)c1. The second-order valence-corrected chi connectivity index (χ2v) is 4.10. The van der Waals surface area contributed by atoms with Crippen molar-refractivity contribution in [3.05, 3.63) is 29.8 Å². The van der Waals surface area contributed by atoms with E-state index >= 15 is 0 Å². The average molecular weight is 276 g/mol. The summed E-state index contributed by atoms with van der Waals surface area (Å²) in [6.07, 6.45) is -4.62. The highest BCUT2D eigenvalue weighted by Crippen LogP contribution is 2.30. The lowest BCUT2D eigenvalue weighted by Gasteiger charge is -2.11. The van der Waals surface area contributed by atoms with Gasteiger partial charge in [0, 0.05) is 12.2 Å². The molecule has 0 saturated carbocycles. The van der Waals surface area contributed by atoms with Crippen molar-refractivity contribution in [2.45, 2.75) is 25.6 Å². The summed E-state index contributed by atoms with van der Waals surface area (Å²) in [5.74, 6) is 0. The van der Waals surface area contributed by atoms with Gasteiger partial charge in [0.05, 0.1) is 11.7 Å². The highest BCUT2D eigenvalue weighted by molar-refractivity contribution is 5.89. The van der Waals surface area contributed by atoms with Crippen molar-refractivity contribution < 1.29 is 23.1 Å². The van der Waals surface area contributed by atoms with Crippen LogP contribution in [0, 0.1) is 0 Å². The van der Waals surface area contributed by atoms with E-state index in [-0.39, 0.29) is 12.2 Å². The summed E-state index contributed by atoms with van der Waals surface area (Å²) in [7, 11) is 0. The minimum atomic E-state index is -4.44. The molecule has 0 aliphatic rings. The maximum Gasteiger partial charge on any atom is 0.416 e. The van der Waals surface area contributed by atoms with Gasteiger partial charge in [0.1, 0.15) is 0 Å². The van der Waals surface area contributed by atoms with Crippen LogP contribution in [0.4, 0.5) is 23.7 Å². The minimum absolute atomic E-state index is 0.0596. The number of amides is 2. The molecule has 0 radical (unpaired) electrons. The maximum atomic E-state index is 12.4. The van der Waals surface area contributed by atoms with Crippen molar-refractivity contribution in [1.29, 1.82) is 0 Å². The predicted octanol–water partition coefficient (Wildman–Crippen LogP) is 2.60. The van der Waals surface area contributed by atoms with Crippen LogP contribution in [0.3, 0.4) is 0 Å². The van der Waals surface area contributed by atoms with Crippen molar-refractivity contribution in [2.75, 3.05) is 11.9 Å².